The second kappa shape index (κ2) is 7.95. The first kappa shape index (κ1) is 18.3. The number of piperidine rings is 1. The molecule has 0 saturated carbocycles. The molecular weight excluding hydrogens is 364 g/mol. The van der Waals surface area contributed by atoms with Crippen molar-refractivity contribution in [3.8, 4) is 0 Å². The lowest BCUT2D eigenvalue weighted by molar-refractivity contribution is 0.0751. The topological polar surface area (TPSA) is 62.5 Å². The molecule has 1 atom stereocenters. The van der Waals surface area contributed by atoms with Crippen LogP contribution in [0.5, 0.6) is 0 Å². The lowest BCUT2D eigenvalue weighted by Gasteiger charge is -2.31. The predicted octanol–water partition coefficient (Wildman–Crippen LogP) is 3.84. The first-order chi connectivity index (χ1) is 14.3. The second-order valence-corrected chi connectivity index (χ2v) is 8.22. The number of pyridine rings is 1. The van der Waals surface area contributed by atoms with Crippen LogP contribution in [0.3, 0.4) is 0 Å². The van der Waals surface area contributed by atoms with E-state index >= 15 is 0 Å². The zero-order valence-electron chi connectivity index (χ0n) is 16.6. The molecule has 2 aliphatic rings. The summed E-state index contributed by atoms with van der Waals surface area (Å²) in [6.45, 7) is 4.59. The van der Waals surface area contributed by atoms with E-state index in [9.17, 15) is 4.79 Å². The van der Waals surface area contributed by atoms with Gasteiger partial charge in [-0.15, -0.1) is 0 Å². The summed E-state index contributed by atoms with van der Waals surface area (Å²) in [5, 5.41) is 5.44. The number of nitrogens with zero attached hydrogens (tertiary/aromatic N) is 4. The van der Waals surface area contributed by atoms with E-state index in [0.717, 1.165) is 69.6 Å². The summed E-state index contributed by atoms with van der Waals surface area (Å²) < 4.78 is 5.43. The molecule has 0 spiro atoms. The molecule has 0 aliphatic carbocycles. The van der Waals surface area contributed by atoms with Crippen LogP contribution in [0.25, 0.3) is 10.9 Å². The van der Waals surface area contributed by atoms with Crippen LogP contribution in [0.15, 0.2) is 47.1 Å². The SMILES string of the molecule is O=C(c1cc([C@H]2CCCN(Cc3ccc4ncccc4c3)C2)no1)N1CCCC1. The Labute approximate surface area is 170 Å². The molecule has 6 heteroatoms. The van der Waals surface area contributed by atoms with Gasteiger partial charge in [0.25, 0.3) is 5.91 Å². The summed E-state index contributed by atoms with van der Waals surface area (Å²) in [4.78, 5) is 21.3. The van der Waals surface area contributed by atoms with E-state index in [1.54, 1.807) is 0 Å². The molecule has 1 aromatic carbocycles. The van der Waals surface area contributed by atoms with Gasteiger partial charge in [-0.1, -0.05) is 17.3 Å². The zero-order chi connectivity index (χ0) is 19.6. The maximum absolute atomic E-state index is 12.5. The van der Waals surface area contributed by atoms with E-state index in [1.807, 2.05) is 23.2 Å². The molecule has 5 rings (SSSR count). The monoisotopic (exact) mass is 390 g/mol. The molecule has 0 N–H and O–H groups in total. The van der Waals surface area contributed by atoms with Crippen molar-refractivity contribution in [2.45, 2.75) is 38.1 Å². The molecule has 2 aliphatic heterocycles. The average molecular weight is 390 g/mol. The Morgan fingerprint density at radius 2 is 2.00 bits per heavy atom. The lowest BCUT2D eigenvalue weighted by atomic mass is 9.94. The first-order valence-electron chi connectivity index (χ1n) is 10.6. The fraction of sp³-hybridized carbons (Fsp3) is 0.435. The Morgan fingerprint density at radius 1 is 1.10 bits per heavy atom. The Balaban J connectivity index is 1.26. The van der Waals surface area contributed by atoms with Gasteiger partial charge in [-0.25, -0.2) is 0 Å². The van der Waals surface area contributed by atoms with Gasteiger partial charge in [-0.05, 0) is 56.0 Å². The smallest absolute Gasteiger partial charge is 0.292 e. The van der Waals surface area contributed by atoms with E-state index in [2.05, 4.69) is 39.3 Å². The highest BCUT2D eigenvalue weighted by Crippen LogP contribution is 2.28. The summed E-state index contributed by atoms with van der Waals surface area (Å²) >= 11 is 0. The van der Waals surface area contributed by atoms with Crippen LogP contribution in [0.4, 0.5) is 0 Å². The lowest BCUT2D eigenvalue weighted by Crippen LogP contribution is -2.34. The van der Waals surface area contributed by atoms with E-state index in [4.69, 9.17) is 4.52 Å². The summed E-state index contributed by atoms with van der Waals surface area (Å²) in [6, 6.07) is 12.5. The van der Waals surface area contributed by atoms with Crippen molar-refractivity contribution in [2.75, 3.05) is 26.2 Å². The molecule has 4 heterocycles. The van der Waals surface area contributed by atoms with Gasteiger partial charge in [0.15, 0.2) is 0 Å². The first-order valence-corrected chi connectivity index (χ1v) is 10.6. The highest BCUT2D eigenvalue weighted by molar-refractivity contribution is 5.91. The highest BCUT2D eigenvalue weighted by atomic mass is 16.5. The van der Waals surface area contributed by atoms with Crippen molar-refractivity contribution >= 4 is 16.8 Å². The van der Waals surface area contributed by atoms with E-state index in [1.165, 1.54) is 10.9 Å². The molecule has 2 fully saturated rings. The third kappa shape index (κ3) is 3.90. The number of carbonyl (C=O) groups excluding carboxylic acids is 1. The number of rotatable bonds is 4. The standard InChI is InChI=1S/C23H26N4O2/c28-23(27-11-1-2-12-27)22-14-21(25-29-22)19-6-4-10-26(16-19)15-17-7-8-20-18(13-17)5-3-9-24-20/h3,5,7-9,13-14,19H,1-2,4,6,10-12,15-16H2/t19-/m0/s1. The summed E-state index contributed by atoms with van der Waals surface area (Å²) in [5.41, 5.74) is 3.25. The fourth-order valence-electron chi connectivity index (χ4n) is 4.58. The third-order valence-corrected chi connectivity index (χ3v) is 6.13. The number of amides is 1. The van der Waals surface area contributed by atoms with Crippen LogP contribution in [0, 0.1) is 0 Å². The minimum atomic E-state index is -0.0151. The van der Waals surface area contributed by atoms with Crippen LogP contribution >= 0.6 is 0 Å². The molecule has 1 amide bonds. The Hall–Kier alpha value is -2.73. The molecular formula is C23H26N4O2. The van der Waals surface area contributed by atoms with Crippen molar-refractivity contribution in [1.82, 2.24) is 19.9 Å². The third-order valence-electron chi connectivity index (χ3n) is 6.13. The Bertz CT molecular complexity index is 1010. The number of hydrogen-bond donors (Lipinski definition) is 0. The van der Waals surface area contributed by atoms with Crippen molar-refractivity contribution in [1.29, 1.82) is 0 Å². The van der Waals surface area contributed by atoms with Gasteiger partial charge < -0.3 is 9.42 Å². The highest BCUT2D eigenvalue weighted by Gasteiger charge is 2.28. The van der Waals surface area contributed by atoms with E-state index < -0.39 is 0 Å². The summed E-state index contributed by atoms with van der Waals surface area (Å²) in [5.74, 6) is 0.689. The van der Waals surface area contributed by atoms with E-state index in [-0.39, 0.29) is 5.91 Å². The largest absolute Gasteiger partial charge is 0.351 e. The van der Waals surface area contributed by atoms with Crippen molar-refractivity contribution in [3.63, 3.8) is 0 Å². The molecule has 150 valence electrons. The van der Waals surface area contributed by atoms with Crippen molar-refractivity contribution < 1.29 is 9.32 Å². The maximum Gasteiger partial charge on any atom is 0.292 e. The molecule has 0 bridgehead atoms. The van der Waals surface area contributed by atoms with Crippen LogP contribution in [0.2, 0.25) is 0 Å². The fourth-order valence-corrected chi connectivity index (χ4v) is 4.58. The molecule has 2 saturated heterocycles. The number of carbonyl (C=O) groups is 1. The molecule has 29 heavy (non-hydrogen) atoms. The van der Waals surface area contributed by atoms with Crippen LogP contribution in [0.1, 0.15) is 53.4 Å². The van der Waals surface area contributed by atoms with Crippen LogP contribution < -0.4 is 0 Å². The van der Waals surface area contributed by atoms with Gasteiger partial charge in [0.1, 0.15) is 0 Å². The number of likely N-dealkylation sites (tertiary alicyclic amines) is 2. The molecule has 6 nitrogen and oxygen atoms in total. The maximum atomic E-state index is 12.5. The molecule has 0 radical (unpaired) electrons. The van der Waals surface area contributed by atoms with Gasteiger partial charge in [0, 0.05) is 49.7 Å². The molecule has 0 unspecified atom stereocenters. The van der Waals surface area contributed by atoms with Crippen LogP contribution in [-0.4, -0.2) is 52.0 Å². The minimum absolute atomic E-state index is 0.0151. The van der Waals surface area contributed by atoms with Crippen LogP contribution in [-0.2, 0) is 6.54 Å². The average Bonchev–Trinajstić information content (AvgIpc) is 3.46. The predicted molar refractivity (Wildman–Crippen MR) is 111 cm³/mol. The van der Waals surface area contributed by atoms with Gasteiger partial charge in [0.2, 0.25) is 5.76 Å². The van der Waals surface area contributed by atoms with E-state index in [0.29, 0.717) is 11.7 Å². The second-order valence-electron chi connectivity index (χ2n) is 8.22. The summed E-state index contributed by atoms with van der Waals surface area (Å²) in [6.07, 6.45) is 6.20. The normalized spacial score (nSPS) is 20.4. The van der Waals surface area contributed by atoms with Gasteiger partial charge in [-0.3, -0.25) is 14.7 Å². The quantitative estimate of drug-likeness (QED) is 0.677. The minimum Gasteiger partial charge on any atom is -0.351 e. The molecule has 2 aromatic heterocycles. The molecule has 3 aromatic rings. The van der Waals surface area contributed by atoms with Gasteiger partial charge in [0.05, 0.1) is 11.2 Å². The summed E-state index contributed by atoms with van der Waals surface area (Å²) in [7, 11) is 0. The zero-order valence-corrected chi connectivity index (χ0v) is 16.6. The Morgan fingerprint density at radius 3 is 2.90 bits per heavy atom. The Kier molecular flexibility index (Phi) is 5.02. The van der Waals surface area contributed by atoms with Crippen molar-refractivity contribution in [3.05, 3.63) is 59.6 Å². The van der Waals surface area contributed by atoms with Gasteiger partial charge in [-0.2, -0.15) is 0 Å². The van der Waals surface area contributed by atoms with Crippen molar-refractivity contribution in [2.24, 2.45) is 0 Å². The number of benzene rings is 1. The van der Waals surface area contributed by atoms with Gasteiger partial charge >= 0.3 is 0 Å². The number of fused-ring (bicyclic) bond motifs is 1. The number of aromatic nitrogens is 2. The number of hydrogen-bond acceptors (Lipinski definition) is 5.